The van der Waals surface area contributed by atoms with Gasteiger partial charge < -0.3 is 10.4 Å². The van der Waals surface area contributed by atoms with E-state index in [4.69, 9.17) is 0 Å². The molecule has 0 saturated carbocycles. The lowest BCUT2D eigenvalue weighted by atomic mass is 9.96. The van der Waals surface area contributed by atoms with Crippen LogP contribution in [0.2, 0.25) is 0 Å². The minimum absolute atomic E-state index is 0.250. The SMILES string of the molecule is Oc1ccc2nnc(CC3CCCNC3)n2c1. The fraction of sp³-hybridized carbons (Fsp3) is 0.500. The molecule has 2 aromatic rings. The van der Waals surface area contributed by atoms with Crippen LogP contribution in [-0.2, 0) is 6.42 Å². The lowest BCUT2D eigenvalue weighted by Gasteiger charge is -2.21. The third-order valence-corrected chi connectivity index (χ3v) is 3.33. The van der Waals surface area contributed by atoms with Gasteiger partial charge in [0.2, 0.25) is 0 Å². The molecule has 0 amide bonds. The Morgan fingerprint density at radius 2 is 2.35 bits per heavy atom. The van der Waals surface area contributed by atoms with E-state index in [9.17, 15) is 5.11 Å². The second kappa shape index (κ2) is 4.33. The number of fused-ring (bicyclic) bond motifs is 1. The lowest BCUT2D eigenvalue weighted by molar-refractivity contribution is 0.369. The van der Waals surface area contributed by atoms with Crippen molar-refractivity contribution in [1.82, 2.24) is 19.9 Å². The molecule has 1 aliphatic rings. The van der Waals surface area contributed by atoms with E-state index >= 15 is 0 Å². The minimum Gasteiger partial charge on any atom is -0.506 e. The number of pyridine rings is 1. The van der Waals surface area contributed by atoms with Crippen LogP contribution in [0.1, 0.15) is 18.7 Å². The Balaban J connectivity index is 1.86. The molecular formula is C12H16N4O. The van der Waals surface area contributed by atoms with Crippen molar-refractivity contribution in [3.8, 4) is 5.75 Å². The molecule has 1 unspecified atom stereocenters. The van der Waals surface area contributed by atoms with Crippen LogP contribution in [0.25, 0.3) is 5.65 Å². The van der Waals surface area contributed by atoms with Crippen LogP contribution in [0.15, 0.2) is 18.3 Å². The first kappa shape index (κ1) is 10.5. The Labute approximate surface area is 99.5 Å². The summed E-state index contributed by atoms with van der Waals surface area (Å²) < 4.78 is 1.88. The predicted molar refractivity (Wildman–Crippen MR) is 63.9 cm³/mol. The first-order chi connectivity index (χ1) is 8.33. The van der Waals surface area contributed by atoms with Crippen molar-refractivity contribution in [2.75, 3.05) is 13.1 Å². The maximum absolute atomic E-state index is 9.49. The van der Waals surface area contributed by atoms with E-state index < -0.39 is 0 Å². The van der Waals surface area contributed by atoms with Crippen molar-refractivity contribution in [3.63, 3.8) is 0 Å². The third-order valence-electron chi connectivity index (χ3n) is 3.33. The number of rotatable bonds is 2. The molecule has 5 heteroatoms. The fourth-order valence-electron chi connectivity index (χ4n) is 2.42. The van der Waals surface area contributed by atoms with Crippen molar-refractivity contribution < 1.29 is 5.11 Å². The maximum Gasteiger partial charge on any atom is 0.161 e. The van der Waals surface area contributed by atoms with Crippen LogP contribution in [0, 0.1) is 5.92 Å². The summed E-state index contributed by atoms with van der Waals surface area (Å²) in [6.07, 6.45) is 5.06. The summed E-state index contributed by atoms with van der Waals surface area (Å²) in [6.45, 7) is 2.17. The molecule has 1 atom stereocenters. The highest BCUT2D eigenvalue weighted by Crippen LogP contribution is 2.17. The van der Waals surface area contributed by atoms with Gasteiger partial charge in [-0.1, -0.05) is 0 Å². The van der Waals surface area contributed by atoms with Gasteiger partial charge in [-0.15, -0.1) is 10.2 Å². The lowest BCUT2D eigenvalue weighted by Crippen LogP contribution is -2.31. The van der Waals surface area contributed by atoms with Gasteiger partial charge in [0.25, 0.3) is 0 Å². The molecule has 1 aliphatic heterocycles. The molecular weight excluding hydrogens is 216 g/mol. The van der Waals surface area contributed by atoms with Crippen LogP contribution in [0.4, 0.5) is 0 Å². The number of hydrogen-bond donors (Lipinski definition) is 2. The monoisotopic (exact) mass is 232 g/mol. The highest BCUT2D eigenvalue weighted by molar-refractivity contribution is 5.41. The Hall–Kier alpha value is -1.62. The number of nitrogens with one attached hydrogen (secondary N) is 1. The van der Waals surface area contributed by atoms with E-state index in [1.807, 2.05) is 4.40 Å². The molecule has 0 spiro atoms. The van der Waals surface area contributed by atoms with Gasteiger partial charge in [-0.25, -0.2) is 0 Å². The van der Waals surface area contributed by atoms with Gasteiger partial charge in [0, 0.05) is 6.42 Å². The summed E-state index contributed by atoms with van der Waals surface area (Å²) in [7, 11) is 0. The normalized spacial score (nSPS) is 20.8. The molecule has 2 N–H and O–H groups in total. The second-order valence-corrected chi connectivity index (χ2v) is 4.65. The number of aromatic hydroxyl groups is 1. The zero-order chi connectivity index (χ0) is 11.7. The maximum atomic E-state index is 9.49. The minimum atomic E-state index is 0.250. The molecule has 0 aliphatic carbocycles. The van der Waals surface area contributed by atoms with Crippen LogP contribution in [-0.4, -0.2) is 32.8 Å². The van der Waals surface area contributed by atoms with E-state index in [-0.39, 0.29) is 5.75 Å². The largest absolute Gasteiger partial charge is 0.506 e. The summed E-state index contributed by atoms with van der Waals surface area (Å²) in [6, 6.07) is 3.42. The summed E-state index contributed by atoms with van der Waals surface area (Å²) in [5.41, 5.74) is 0.793. The highest BCUT2D eigenvalue weighted by atomic mass is 16.3. The van der Waals surface area contributed by atoms with Crippen molar-refractivity contribution in [1.29, 1.82) is 0 Å². The average Bonchev–Trinajstić information content (AvgIpc) is 2.73. The van der Waals surface area contributed by atoms with Gasteiger partial charge >= 0.3 is 0 Å². The smallest absolute Gasteiger partial charge is 0.161 e. The van der Waals surface area contributed by atoms with E-state index in [0.29, 0.717) is 5.92 Å². The summed E-state index contributed by atoms with van der Waals surface area (Å²) in [5, 5.41) is 21.2. The fourth-order valence-corrected chi connectivity index (χ4v) is 2.42. The van der Waals surface area contributed by atoms with Gasteiger partial charge in [-0.05, 0) is 44.0 Å². The van der Waals surface area contributed by atoms with Crippen molar-refractivity contribution in [2.45, 2.75) is 19.3 Å². The van der Waals surface area contributed by atoms with Crippen molar-refractivity contribution in [2.24, 2.45) is 5.92 Å². The number of nitrogens with zero attached hydrogens (tertiary/aromatic N) is 3. The average molecular weight is 232 g/mol. The first-order valence-corrected chi connectivity index (χ1v) is 6.06. The van der Waals surface area contributed by atoms with Crippen LogP contribution in [0.5, 0.6) is 5.75 Å². The van der Waals surface area contributed by atoms with E-state index in [2.05, 4.69) is 15.5 Å². The highest BCUT2D eigenvalue weighted by Gasteiger charge is 2.16. The molecule has 0 aromatic carbocycles. The molecule has 3 rings (SSSR count). The topological polar surface area (TPSA) is 62.5 Å². The number of aromatic nitrogens is 3. The van der Waals surface area contributed by atoms with E-state index in [1.165, 1.54) is 12.8 Å². The molecule has 0 radical (unpaired) electrons. The van der Waals surface area contributed by atoms with Crippen LogP contribution < -0.4 is 5.32 Å². The molecule has 17 heavy (non-hydrogen) atoms. The summed E-state index contributed by atoms with van der Waals surface area (Å²) in [5.74, 6) is 1.81. The summed E-state index contributed by atoms with van der Waals surface area (Å²) >= 11 is 0. The predicted octanol–water partition coefficient (Wildman–Crippen LogP) is 0.977. The van der Waals surface area contributed by atoms with Crippen molar-refractivity contribution in [3.05, 3.63) is 24.2 Å². The number of piperidine rings is 1. The zero-order valence-corrected chi connectivity index (χ0v) is 9.63. The summed E-state index contributed by atoms with van der Waals surface area (Å²) in [4.78, 5) is 0. The van der Waals surface area contributed by atoms with Crippen LogP contribution >= 0.6 is 0 Å². The standard InChI is InChI=1S/C12H16N4O/c17-10-3-4-11-14-15-12(16(11)8-10)6-9-2-1-5-13-7-9/h3-4,8-9,13,17H,1-2,5-7H2. The van der Waals surface area contributed by atoms with E-state index in [1.54, 1.807) is 18.3 Å². The Morgan fingerprint density at radius 1 is 1.41 bits per heavy atom. The first-order valence-electron chi connectivity index (χ1n) is 6.06. The van der Waals surface area contributed by atoms with Gasteiger partial charge in [-0.2, -0.15) is 0 Å². The number of hydrogen-bond acceptors (Lipinski definition) is 4. The Bertz CT molecular complexity index is 516. The van der Waals surface area contributed by atoms with Gasteiger partial charge in [0.15, 0.2) is 5.65 Å². The molecule has 1 saturated heterocycles. The Morgan fingerprint density at radius 3 is 3.18 bits per heavy atom. The van der Waals surface area contributed by atoms with Crippen molar-refractivity contribution >= 4 is 5.65 Å². The van der Waals surface area contributed by atoms with Crippen LogP contribution in [0.3, 0.4) is 0 Å². The van der Waals surface area contributed by atoms with Gasteiger partial charge in [-0.3, -0.25) is 4.40 Å². The van der Waals surface area contributed by atoms with Gasteiger partial charge in [0.1, 0.15) is 11.6 Å². The molecule has 5 nitrogen and oxygen atoms in total. The third kappa shape index (κ3) is 2.10. The molecule has 90 valence electrons. The molecule has 1 fully saturated rings. The Kier molecular flexibility index (Phi) is 2.68. The second-order valence-electron chi connectivity index (χ2n) is 4.65. The molecule has 0 bridgehead atoms. The quantitative estimate of drug-likeness (QED) is 0.810. The zero-order valence-electron chi connectivity index (χ0n) is 9.63. The molecule has 3 heterocycles. The van der Waals surface area contributed by atoms with Gasteiger partial charge in [0.05, 0.1) is 6.20 Å². The van der Waals surface area contributed by atoms with E-state index in [0.717, 1.165) is 31.0 Å². The molecule has 2 aromatic heterocycles.